The number of halogens is 2. The van der Waals surface area contributed by atoms with Crippen LogP contribution in [-0.4, -0.2) is 22.9 Å². The Morgan fingerprint density at radius 1 is 1.03 bits per heavy atom. The van der Waals surface area contributed by atoms with Crippen molar-refractivity contribution >= 4 is 28.4 Å². The van der Waals surface area contributed by atoms with Gasteiger partial charge >= 0.3 is 0 Å². The Morgan fingerprint density at radius 3 is 2.50 bits per heavy atom. The summed E-state index contributed by atoms with van der Waals surface area (Å²) in [6.45, 7) is 0.192. The summed E-state index contributed by atoms with van der Waals surface area (Å²) < 4.78 is 19.5. The van der Waals surface area contributed by atoms with Crippen molar-refractivity contribution in [3.05, 3.63) is 111 Å². The predicted molar refractivity (Wildman–Crippen MR) is 123 cm³/mol. The number of aromatic nitrogens is 1. The fraction of sp³-hybridized carbons (Fsp3) is 0.120. The molecule has 0 unspecified atom stereocenters. The summed E-state index contributed by atoms with van der Waals surface area (Å²) in [4.78, 5) is 30.3. The van der Waals surface area contributed by atoms with Gasteiger partial charge in [0.15, 0.2) is 0 Å². The number of ether oxygens (including phenoxy) is 1. The topological polar surface area (TPSA) is 62.4 Å². The Hall–Kier alpha value is -3.64. The highest BCUT2D eigenvalue weighted by molar-refractivity contribution is 6.30. The van der Waals surface area contributed by atoms with Gasteiger partial charge in [-0.3, -0.25) is 9.59 Å². The van der Waals surface area contributed by atoms with Crippen LogP contribution in [0, 0.1) is 5.82 Å². The molecule has 0 spiro atoms. The first-order valence-electron chi connectivity index (χ1n) is 9.93. The van der Waals surface area contributed by atoms with Crippen LogP contribution in [0.15, 0.2) is 77.6 Å². The van der Waals surface area contributed by atoms with Crippen LogP contribution in [0.3, 0.4) is 0 Å². The van der Waals surface area contributed by atoms with E-state index in [1.807, 2.05) is 6.07 Å². The van der Waals surface area contributed by atoms with E-state index < -0.39 is 11.7 Å². The van der Waals surface area contributed by atoms with Gasteiger partial charge in [0.1, 0.15) is 11.6 Å². The maximum Gasteiger partial charge on any atom is 0.257 e. The predicted octanol–water partition coefficient (Wildman–Crippen LogP) is 5.17. The zero-order chi connectivity index (χ0) is 22.7. The van der Waals surface area contributed by atoms with Crippen molar-refractivity contribution in [3.8, 4) is 5.75 Å². The van der Waals surface area contributed by atoms with Crippen LogP contribution < -0.4 is 10.3 Å². The summed E-state index contributed by atoms with van der Waals surface area (Å²) in [6.07, 6.45) is 0. The lowest BCUT2D eigenvalue weighted by Gasteiger charge is -2.23. The monoisotopic (exact) mass is 450 g/mol. The number of carbonyl (C=O) groups excluding carboxylic acids is 1. The van der Waals surface area contributed by atoms with E-state index in [0.717, 1.165) is 10.9 Å². The molecule has 0 aliphatic carbocycles. The highest BCUT2D eigenvalue weighted by Gasteiger charge is 2.21. The summed E-state index contributed by atoms with van der Waals surface area (Å²) in [5.74, 6) is -0.495. The summed E-state index contributed by atoms with van der Waals surface area (Å²) in [6, 6.07) is 19.9. The van der Waals surface area contributed by atoms with Gasteiger partial charge in [-0.1, -0.05) is 35.9 Å². The number of pyridine rings is 1. The standard InChI is InChI=1S/C25H20ClFN2O3/c1-32-20-11-8-17-12-18(24(30)28-23(17)13-20)15-29(14-16-6-9-19(26)10-7-16)25(31)21-4-2-3-5-22(21)27/h2-13H,14-15H2,1H3,(H,28,30). The fourth-order valence-electron chi connectivity index (χ4n) is 3.49. The first kappa shape index (κ1) is 21.6. The molecular weight excluding hydrogens is 431 g/mol. The van der Waals surface area contributed by atoms with Crippen LogP contribution in [0.1, 0.15) is 21.5 Å². The lowest BCUT2D eigenvalue weighted by atomic mass is 10.1. The van der Waals surface area contributed by atoms with Crippen molar-refractivity contribution < 1.29 is 13.9 Å². The number of methoxy groups -OCH3 is 1. The number of carbonyl (C=O) groups is 1. The Bertz CT molecular complexity index is 1340. The van der Waals surface area contributed by atoms with Crippen LogP contribution in [0.4, 0.5) is 4.39 Å². The van der Waals surface area contributed by atoms with E-state index in [2.05, 4.69) is 4.98 Å². The van der Waals surface area contributed by atoms with Crippen LogP contribution in [-0.2, 0) is 13.1 Å². The second-order valence-corrected chi connectivity index (χ2v) is 7.78. The Labute approximate surface area is 189 Å². The first-order valence-corrected chi connectivity index (χ1v) is 10.3. The molecule has 1 aromatic heterocycles. The van der Waals surface area contributed by atoms with E-state index in [-0.39, 0.29) is 24.2 Å². The Kier molecular flexibility index (Phi) is 6.23. The van der Waals surface area contributed by atoms with Gasteiger partial charge in [-0.15, -0.1) is 0 Å². The molecule has 7 heteroatoms. The molecule has 0 aliphatic heterocycles. The number of H-pyrrole nitrogens is 1. The normalized spacial score (nSPS) is 10.8. The fourth-order valence-corrected chi connectivity index (χ4v) is 3.62. The number of hydrogen-bond acceptors (Lipinski definition) is 3. The van der Waals surface area contributed by atoms with E-state index in [1.165, 1.54) is 23.1 Å². The number of rotatable bonds is 6. The molecule has 0 aliphatic rings. The third-order valence-electron chi connectivity index (χ3n) is 5.17. The number of amides is 1. The minimum atomic E-state index is -0.613. The van der Waals surface area contributed by atoms with Gasteiger partial charge in [0.25, 0.3) is 11.5 Å². The molecule has 0 bridgehead atoms. The van der Waals surface area contributed by atoms with Crippen molar-refractivity contribution in [2.45, 2.75) is 13.1 Å². The highest BCUT2D eigenvalue weighted by atomic mass is 35.5. The largest absolute Gasteiger partial charge is 0.497 e. The van der Waals surface area contributed by atoms with Crippen LogP contribution in [0.5, 0.6) is 5.75 Å². The van der Waals surface area contributed by atoms with Gasteiger partial charge in [-0.05, 0) is 53.4 Å². The van der Waals surface area contributed by atoms with Crippen molar-refractivity contribution in [3.63, 3.8) is 0 Å². The second-order valence-electron chi connectivity index (χ2n) is 7.34. The van der Waals surface area contributed by atoms with Crippen molar-refractivity contribution in [1.82, 2.24) is 9.88 Å². The minimum absolute atomic E-state index is 0.00704. The Morgan fingerprint density at radius 2 is 1.78 bits per heavy atom. The molecule has 0 saturated heterocycles. The quantitative estimate of drug-likeness (QED) is 0.440. The van der Waals surface area contributed by atoms with Crippen LogP contribution >= 0.6 is 11.6 Å². The summed E-state index contributed by atoms with van der Waals surface area (Å²) in [5, 5.41) is 1.37. The third kappa shape index (κ3) is 4.65. The molecule has 1 amide bonds. The maximum atomic E-state index is 14.3. The van der Waals surface area contributed by atoms with Gasteiger partial charge in [0.05, 0.1) is 24.7 Å². The second kappa shape index (κ2) is 9.24. The first-order chi connectivity index (χ1) is 15.4. The smallest absolute Gasteiger partial charge is 0.257 e. The van der Waals surface area contributed by atoms with Crippen molar-refractivity contribution in [1.29, 1.82) is 0 Å². The molecule has 4 aromatic rings. The van der Waals surface area contributed by atoms with Gasteiger partial charge in [-0.25, -0.2) is 4.39 Å². The molecule has 4 rings (SSSR count). The Balaban J connectivity index is 1.72. The number of nitrogens with one attached hydrogen (secondary N) is 1. The highest BCUT2D eigenvalue weighted by Crippen LogP contribution is 2.21. The zero-order valence-electron chi connectivity index (χ0n) is 17.3. The number of nitrogens with zero attached hydrogens (tertiary/aromatic N) is 1. The molecule has 0 saturated carbocycles. The number of hydrogen-bond donors (Lipinski definition) is 1. The maximum absolute atomic E-state index is 14.3. The summed E-state index contributed by atoms with van der Waals surface area (Å²) in [7, 11) is 1.55. The van der Waals surface area contributed by atoms with Crippen LogP contribution in [0.25, 0.3) is 10.9 Å². The molecule has 5 nitrogen and oxygen atoms in total. The van der Waals surface area contributed by atoms with E-state index >= 15 is 0 Å². The molecule has 0 fully saturated rings. The molecule has 1 heterocycles. The molecular formula is C25H20ClFN2O3. The summed E-state index contributed by atoms with van der Waals surface area (Å²) >= 11 is 5.97. The van der Waals surface area contributed by atoms with E-state index in [0.29, 0.717) is 21.9 Å². The molecule has 1 N–H and O–H groups in total. The lowest BCUT2D eigenvalue weighted by Crippen LogP contribution is -2.33. The number of benzene rings is 3. The zero-order valence-corrected chi connectivity index (χ0v) is 18.0. The summed E-state index contributed by atoms with van der Waals surface area (Å²) in [5.41, 5.74) is 1.45. The van der Waals surface area contributed by atoms with Gasteiger partial charge in [0.2, 0.25) is 0 Å². The van der Waals surface area contributed by atoms with E-state index in [4.69, 9.17) is 16.3 Å². The van der Waals surface area contributed by atoms with Crippen molar-refractivity contribution in [2.75, 3.05) is 7.11 Å². The third-order valence-corrected chi connectivity index (χ3v) is 5.42. The van der Waals surface area contributed by atoms with Crippen molar-refractivity contribution in [2.24, 2.45) is 0 Å². The van der Waals surface area contributed by atoms with Crippen LogP contribution in [0.2, 0.25) is 5.02 Å². The minimum Gasteiger partial charge on any atom is -0.497 e. The van der Waals surface area contributed by atoms with Gasteiger partial charge in [0, 0.05) is 23.2 Å². The number of fused-ring (bicyclic) bond motifs is 1. The van der Waals surface area contributed by atoms with E-state index in [1.54, 1.807) is 55.6 Å². The van der Waals surface area contributed by atoms with Gasteiger partial charge in [-0.2, -0.15) is 0 Å². The van der Waals surface area contributed by atoms with E-state index in [9.17, 15) is 14.0 Å². The molecule has 32 heavy (non-hydrogen) atoms. The van der Waals surface area contributed by atoms with Gasteiger partial charge < -0.3 is 14.6 Å². The molecule has 162 valence electrons. The molecule has 0 atom stereocenters. The molecule has 0 radical (unpaired) electrons. The molecule has 3 aromatic carbocycles. The lowest BCUT2D eigenvalue weighted by molar-refractivity contribution is 0.0724. The average molecular weight is 451 g/mol. The SMILES string of the molecule is COc1ccc2cc(CN(Cc3ccc(Cl)cc3)C(=O)c3ccccc3F)c(=O)[nH]c2c1. The number of aromatic amines is 1. The average Bonchev–Trinajstić information content (AvgIpc) is 2.80.